The van der Waals surface area contributed by atoms with Crippen molar-refractivity contribution < 1.29 is 17.6 Å². The predicted octanol–water partition coefficient (Wildman–Crippen LogP) is 5.53. The van der Waals surface area contributed by atoms with Crippen molar-refractivity contribution in [3.05, 3.63) is 66.1 Å². The fourth-order valence-electron chi connectivity index (χ4n) is 2.23. The molecule has 4 nitrogen and oxygen atoms in total. The van der Waals surface area contributed by atoms with Crippen LogP contribution in [0, 0.1) is 0 Å². The van der Waals surface area contributed by atoms with E-state index in [9.17, 15) is 13.2 Å². The number of rotatable bonds is 4. The Bertz CT molecular complexity index is 883. The van der Waals surface area contributed by atoms with Crippen LogP contribution in [-0.2, 0) is 6.18 Å². The molecule has 3 rings (SSSR count). The molecule has 0 aliphatic heterocycles. The summed E-state index contributed by atoms with van der Waals surface area (Å²) in [5.74, 6) is 0.699. The van der Waals surface area contributed by atoms with E-state index >= 15 is 0 Å². The average molecular weight is 345 g/mol. The van der Waals surface area contributed by atoms with Crippen LogP contribution in [-0.4, -0.2) is 10.2 Å². The number of para-hydroxylation sites is 1. The van der Waals surface area contributed by atoms with Crippen LogP contribution in [0.25, 0.3) is 17.5 Å². The van der Waals surface area contributed by atoms with Crippen LogP contribution in [0.2, 0.25) is 0 Å². The highest BCUT2D eigenvalue weighted by Crippen LogP contribution is 2.32. The molecule has 2 aromatic carbocycles. The second kappa shape index (κ2) is 6.80. The molecule has 0 spiro atoms. The molecular formula is C18H14F3N3O. The Morgan fingerprint density at radius 2 is 1.72 bits per heavy atom. The van der Waals surface area contributed by atoms with E-state index in [1.54, 1.807) is 30.4 Å². The lowest BCUT2D eigenvalue weighted by Crippen LogP contribution is -2.04. The summed E-state index contributed by atoms with van der Waals surface area (Å²) in [5.41, 5.74) is 1.14. The van der Waals surface area contributed by atoms with Crippen LogP contribution < -0.4 is 5.32 Å². The summed E-state index contributed by atoms with van der Waals surface area (Å²) < 4.78 is 43.5. The van der Waals surface area contributed by atoms with Gasteiger partial charge in [-0.2, -0.15) is 13.2 Å². The van der Waals surface area contributed by atoms with Gasteiger partial charge in [0.1, 0.15) is 0 Å². The molecule has 0 aliphatic carbocycles. The van der Waals surface area contributed by atoms with Gasteiger partial charge >= 0.3 is 6.18 Å². The van der Waals surface area contributed by atoms with Crippen LogP contribution >= 0.6 is 0 Å². The molecular weight excluding hydrogens is 331 g/mol. The third kappa shape index (κ3) is 3.88. The van der Waals surface area contributed by atoms with Gasteiger partial charge in [-0.15, -0.1) is 10.2 Å². The molecule has 0 saturated carbocycles. The summed E-state index contributed by atoms with van der Waals surface area (Å²) in [6.45, 7) is 1.84. The number of hydrogen-bond acceptors (Lipinski definition) is 4. The van der Waals surface area contributed by atoms with E-state index in [1.165, 1.54) is 12.1 Å². The lowest BCUT2D eigenvalue weighted by molar-refractivity contribution is -0.137. The first-order chi connectivity index (χ1) is 12.0. The third-order valence-electron chi connectivity index (χ3n) is 3.40. The maximum atomic E-state index is 12.6. The molecule has 0 aliphatic rings. The average Bonchev–Trinajstić information content (AvgIpc) is 3.04. The smallest absolute Gasteiger partial charge is 0.416 e. The van der Waals surface area contributed by atoms with Crippen molar-refractivity contribution in [2.45, 2.75) is 13.1 Å². The summed E-state index contributed by atoms with van der Waals surface area (Å²) in [6, 6.07) is 12.0. The quantitative estimate of drug-likeness (QED) is 0.675. The van der Waals surface area contributed by atoms with Gasteiger partial charge in [-0.3, -0.25) is 0 Å². The summed E-state index contributed by atoms with van der Waals surface area (Å²) in [6.07, 6.45) is -0.893. The van der Waals surface area contributed by atoms with Gasteiger partial charge in [0.25, 0.3) is 0 Å². The van der Waals surface area contributed by atoms with Gasteiger partial charge in [0, 0.05) is 5.69 Å². The minimum Gasteiger partial charge on any atom is -0.417 e. The van der Waals surface area contributed by atoms with Crippen molar-refractivity contribution >= 4 is 17.5 Å². The van der Waals surface area contributed by atoms with Gasteiger partial charge in [0.2, 0.25) is 11.8 Å². The van der Waals surface area contributed by atoms with Gasteiger partial charge in [0.05, 0.1) is 16.8 Å². The molecule has 25 heavy (non-hydrogen) atoms. The summed E-state index contributed by atoms with van der Waals surface area (Å²) in [5, 5.41) is 11.0. The molecule has 7 heteroatoms. The van der Waals surface area contributed by atoms with Gasteiger partial charge in [0.15, 0.2) is 0 Å². The molecule has 0 fully saturated rings. The molecule has 1 N–H and O–H groups in total. The Kier molecular flexibility index (Phi) is 4.56. The number of allylic oxidation sites excluding steroid dienone is 1. The van der Waals surface area contributed by atoms with Gasteiger partial charge in [-0.05, 0) is 49.4 Å². The summed E-state index contributed by atoms with van der Waals surface area (Å²) >= 11 is 0. The maximum absolute atomic E-state index is 12.6. The first-order valence-electron chi connectivity index (χ1n) is 7.47. The first-order valence-corrected chi connectivity index (χ1v) is 7.47. The topological polar surface area (TPSA) is 51.0 Å². The maximum Gasteiger partial charge on any atom is 0.416 e. The van der Waals surface area contributed by atoms with Crippen molar-refractivity contribution in [2.24, 2.45) is 0 Å². The highest BCUT2D eigenvalue weighted by molar-refractivity contribution is 5.76. The molecule has 0 bridgehead atoms. The number of hydrogen-bond donors (Lipinski definition) is 1. The number of halogens is 3. The van der Waals surface area contributed by atoms with Crippen molar-refractivity contribution in [1.29, 1.82) is 0 Å². The summed E-state index contributed by atoms with van der Waals surface area (Å²) in [4.78, 5) is 0. The van der Waals surface area contributed by atoms with Gasteiger partial charge < -0.3 is 9.73 Å². The van der Waals surface area contributed by atoms with E-state index in [1.807, 2.05) is 13.0 Å². The second-order valence-electron chi connectivity index (χ2n) is 5.19. The van der Waals surface area contributed by atoms with E-state index < -0.39 is 11.7 Å². The number of nitrogens with zero attached hydrogens (tertiary/aromatic N) is 2. The second-order valence-corrected chi connectivity index (χ2v) is 5.19. The van der Waals surface area contributed by atoms with Crippen LogP contribution in [0.3, 0.4) is 0 Å². The largest absolute Gasteiger partial charge is 0.417 e. The number of anilines is 2. The standard InChI is InChI=1S/C18H14F3N3O/c1-2-5-16-23-24-17(25-16)14-6-3-4-7-15(14)22-13-10-8-12(9-11-13)18(19,20)21/h2-11,22H,1H3/b5-2+. The predicted molar refractivity (Wildman–Crippen MR) is 89.2 cm³/mol. The lowest BCUT2D eigenvalue weighted by Gasteiger charge is -2.11. The SMILES string of the molecule is C/C=C/c1nnc(-c2ccccc2Nc2ccc(C(F)(F)F)cc2)o1. The number of benzene rings is 2. The van der Waals surface area contributed by atoms with E-state index in [-0.39, 0.29) is 0 Å². The zero-order valence-electron chi connectivity index (χ0n) is 13.2. The monoisotopic (exact) mass is 345 g/mol. The van der Waals surface area contributed by atoms with Gasteiger partial charge in [-0.1, -0.05) is 18.2 Å². The minimum absolute atomic E-state index is 0.322. The molecule has 3 aromatic rings. The first kappa shape index (κ1) is 16.8. The zero-order valence-corrected chi connectivity index (χ0v) is 13.2. The van der Waals surface area contributed by atoms with E-state index in [0.29, 0.717) is 28.7 Å². The Hall–Kier alpha value is -3.09. The Morgan fingerprint density at radius 1 is 1.00 bits per heavy atom. The highest BCUT2D eigenvalue weighted by Gasteiger charge is 2.29. The Morgan fingerprint density at radius 3 is 2.40 bits per heavy atom. The third-order valence-corrected chi connectivity index (χ3v) is 3.40. The number of alkyl halides is 3. The fraction of sp³-hybridized carbons (Fsp3) is 0.111. The molecule has 128 valence electrons. The van der Waals surface area contributed by atoms with E-state index in [0.717, 1.165) is 12.1 Å². The minimum atomic E-state index is -4.36. The van der Waals surface area contributed by atoms with Crippen molar-refractivity contribution in [2.75, 3.05) is 5.32 Å². The van der Waals surface area contributed by atoms with Crippen molar-refractivity contribution in [3.63, 3.8) is 0 Å². The molecule has 0 atom stereocenters. The molecule has 0 unspecified atom stereocenters. The van der Waals surface area contributed by atoms with Gasteiger partial charge in [-0.25, -0.2) is 0 Å². The molecule has 1 aromatic heterocycles. The Balaban J connectivity index is 1.88. The molecule has 0 amide bonds. The van der Waals surface area contributed by atoms with Crippen molar-refractivity contribution in [1.82, 2.24) is 10.2 Å². The number of nitrogens with one attached hydrogen (secondary N) is 1. The van der Waals surface area contributed by atoms with Crippen LogP contribution in [0.4, 0.5) is 24.5 Å². The molecule has 0 saturated heterocycles. The Labute approximate surface area is 142 Å². The zero-order chi connectivity index (χ0) is 17.9. The lowest BCUT2D eigenvalue weighted by atomic mass is 10.1. The van der Waals surface area contributed by atoms with E-state index in [4.69, 9.17) is 4.42 Å². The summed E-state index contributed by atoms with van der Waals surface area (Å²) in [7, 11) is 0. The van der Waals surface area contributed by atoms with Crippen molar-refractivity contribution in [3.8, 4) is 11.5 Å². The fourth-order valence-corrected chi connectivity index (χ4v) is 2.23. The van der Waals surface area contributed by atoms with Crippen LogP contribution in [0.15, 0.2) is 59.0 Å². The number of aromatic nitrogens is 2. The van der Waals surface area contributed by atoms with Crippen LogP contribution in [0.5, 0.6) is 0 Å². The van der Waals surface area contributed by atoms with E-state index in [2.05, 4.69) is 15.5 Å². The normalized spacial score (nSPS) is 11.8. The molecule has 0 radical (unpaired) electrons. The highest BCUT2D eigenvalue weighted by atomic mass is 19.4. The van der Waals surface area contributed by atoms with Crippen LogP contribution in [0.1, 0.15) is 18.4 Å². The molecule has 1 heterocycles.